The van der Waals surface area contributed by atoms with Crippen LogP contribution in [0.4, 0.5) is 8.78 Å². The van der Waals surface area contributed by atoms with Crippen LogP contribution in [0.1, 0.15) is 29.0 Å². The average Bonchev–Trinajstić information content (AvgIpc) is 3.39. The van der Waals surface area contributed by atoms with Gasteiger partial charge in [-0.2, -0.15) is 0 Å². The van der Waals surface area contributed by atoms with Crippen LogP contribution in [-0.2, 0) is 6.54 Å². The fourth-order valence-corrected chi connectivity index (χ4v) is 4.13. The molecule has 0 aliphatic heterocycles. The summed E-state index contributed by atoms with van der Waals surface area (Å²) < 4.78 is 31.3. The molecule has 0 radical (unpaired) electrons. The molecule has 178 valence electrons. The first kappa shape index (κ1) is 23.8. The van der Waals surface area contributed by atoms with E-state index in [4.69, 9.17) is 0 Å². The maximum atomic E-state index is 14.4. The molecule has 0 aliphatic carbocycles. The molecule has 0 bridgehead atoms. The van der Waals surface area contributed by atoms with Gasteiger partial charge in [0.1, 0.15) is 11.6 Å². The predicted octanol–water partition coefficient (Wildman–Crippen LogP) is 4.63. The van der Waals surface area contributed by atoms with Gasteiger partial charge in [0.2, 0.25) is 11.8 Å². The number of likely N-dealkylation sites (N-methyl/N-ethyl adjacent to an activating group) is 2. The number of halogens is 2. The van der Waals surface area contributed by atoms with Crippen LogP contribution >= 0.6 is 0 Å². The minimum absolute atomic E-state index is 0.173. The second-order valence-electron chi connectivity index (χ2n) is 8.96. The molecular formula is C26H28F2N4O2. The number of carbonyl (C=O) groups excluding carboxylic acids is 2. The molecule has 2 heterocycles. The minimum Gasteiger partial charge on any atom is -0.298 e. The number of nitrogens with zero attached hydrogens (tertiary/aromatic N) is 4. The first-order valence-corrected chi connectivity index (χ1v) is 11.1. The van der Waals surface area contributed by atoms with Crippen LogP contribution in [0.15, 0.2) is 54.9 Å². The van der Waals surface area contributed by atoms with Crippen LogP contribution in [0.5, 0.6) is 0 Å². The van der Waals surface area contributed by atoms with E-state index in [9.17, 15) is 18.4 Å². The third-order valence-corrected chi connectivity index (χ3v) is 6.56. The molecule has 0 aliphatic rings. The fourth-order valence-electron chi connectivity index (χ4n) is 4.13. The monoisotopic (exact) mass is 466 g/mol. The number of hydrogen-bond acceptors (Lipinski definition) is 4. The van der Waals surface area contributed by atoms with Gasteiger partial charge in [0.15, 0.2) is 0 Å². The standard InChI is InChI=1S/C26H28F2N4O2/c1-16(29(3)4)25(33)32-15-19(21-10-9-20(27)13-23(21)32)14-30(5)17(2)26(34)31-12-11-18-7-6-8-22(28)24(18)31/h6-13,15-17H,14H2,1-5H3. The molecule has 0 saturated heterocycles. The normalized spacial score (nSPS) is 13.8. The number of para-hydroxylation sites is 1. The zero-order chi connectivity index (χ0) is 24.7. The van der Waals surface area contributed by atoms with Gasteiger partial charge >= 0.3 is 0 Å². The summed E-state index contributed by atoms with van der Waals surface area (Å²) in [6.07, 6.45) is 3.29. The molecule has 0 fully saturated rings. The molecule has 4 rings (SSSR count). The summed E-state index contributed by atoms with van der Waals surface area (Å²) in [5.74, 6) is -1.32. The highest BCUT2D eigenvalue weighted by Gasteiger charge is 2.25. The Balaban J connectivity index is 1.65. The molecule has 6 nitrogen and oxygen atoms in total. The van der Waals surface area contributed by atoms with E-state index < -0.39 is 23.7 Å². The average molecular weight is 467 g/mol. The number of benzene rings is 2. The van der Waals surface area contributed by atoms with Gasteiger partial charge in [-0.3, -0.25) is 28.5 Å². The third-order valence-electron chi connectivity index (χ3n) is 6.56. The highest BCUT2D eigenvalue weighted by atomic mass is 19.1. The Labute approximate surface area is 197 Å². The van der Waals surface area contributed by atoms with Gasteiger partial charge in [-0.15, -0.1) is 0 Å². The van der Waals surface area contributed by atoms with Gasteiger partial charge in [0.25, 0.3) is 0 Å². The highest BCUT2D eigenvalue weighted by Crippen LogP contribution is 2.26. The van der Waals surface area contributed by atoms with Crippen molar-refractivity contribution in [2.75, 3.05) is 21.1 Å². The number of carbonyl (C=O) groups is 2. The minimum atomic E-state index is -0.578. The van der Waals surface area contributed by atoms with Crippen LogP contribution in [0.25, 0.3) is 21.8 Å². The Hall–Kier alpha value is -3.36. The lowest BCUT2D eigenvalue weighted by molar-refractivity contribution is 0.0775. The molecule has 34 heavy (non-hydrogen) atoms. The molecule has 0 amide bonds. The van der Waals surface area contributed by atoms with Crippen LogP contribution in [0, 0.1) is 11.6 Å². The van der Waals surface area contributed by atoms with Crippen LogP contribution in [0.2, 0.25) is 0 Å². The van der Waals surface area contributed by atoms with Crippen LogP contribution < -0.4 is 0 Å². The summed E-state index contributed by atoms with van der Waals surface area (Å²) in [5.41, 5.74) is 1.53. The van der Waals surface area contributed by atoms with Crippen LogP contribution in [0.3, 0.4) is 0 Å². The predicted molar refractivity (Wildman–Crippen MR) is 129 cm³/mol. The van der Waals surface area contributed by atoms with Gasteiger partial charge in [-0.05, 0) is 70.9 Å². The lowest BCUT2D eigenvalue weighted by atomic mass is 10.1. The highest BCUT2D eigenvalue weighted by molar-refractivity contribution is 5.97. The first-order chi connectivity index (χ1) is 16.1. The second-order valence-corrected chi connectivity index (χ2v) is 8.96. The van der Waals surface area contributed by atoms with Crippen molar-refractivity contribution in [2.24, 2.45) is 0 Å². The molecule has 2 aromatic carbocycles. The molecule has 2 aromatic heterocycles. The van der Waals surface area contributed by atoms with E-state index in [1.807, 2.05) is 19.0 Å². The number of rotatable bonds is 6. The molecule has 8 heteroatoms. The van der Waals surface area contributed by atoms with E-state index in [2.05, 4.69) is 0 Å². The maximum absolute atomic E-state index is 14.4. The molecule has 0 saturated carbocycles. The smallest absolute Gasteiger partial charge is 0.248 e. The Morgan fingerprint density at radius 2 is 1.65 bits per heavy atom. The van der Waals surface area contributed by atoms with Gasteiger partial charge < -0.3 is 0 Å². The van der Waals surface area contributed by atoms with Gasteiger partial charge in [0.05, 0.1) is 23.1 Å². The third kappa shape index (κ3) is 4.15. The summed E-state index contributed by atoms with van der Waals surface area (Å²) in [6.45, 7) is 3.89. The SMILES string of the molecule is CC(C(=O)n1cc(CN(C)C(C)C(=O)n2ccc3cccc(F)c32)c2ccc(F)cc21)N(C)C. The first-order valence-electron chi connectivity index (χ1n) is 11.1. The Morgan fingerprint density at radius 1 is 0.941 bits per heavy atom. The molecule has 0 spiro atoms. The van der Waals surface area contributed by atoms with Crippen molar-refractivity contribution in [1.29, 1.82) is 0 Å². The van der Waals surface area contributed by atoms with E-state index in [-0.39, 0.29) is 17.3 Å². The van der Waals surface area contributed by atoms with Crippen molar-refractivity contribution < 1.29 is 18.4 Å². The number of aromatic nitrogens is 2. The largest absolute Gasteiger partial charge is 0.298 e. The number of hydrogen-bond donors (Lipinski definition) is 0. The molecular weight excluding hydrogens is 438 g/mol. The second kappa shape index (κ2) is 9.12. The lowest BCUT2D eigenvalue weighted by Crippen LogP contribution is -2.38. The zero-order valence-corrected chi connectivity index (χ0v) is 19.9. The van der Waals surface area contributed by atoms with Crippen molar-refractivity contribution in [3.05, 3.63) is 72.1 Å². The van der Waals surface area contributed by atoms with Crippen molar-refractivity contribution in [1.82, 2.24) is 18.9 Å². The summed E-state index contributed by atoms with van der Waals surface area (Å²) >= 11 is 0. The molecule has 0 N–H and O–H groups in total. The topological polar surface area (TPSA) is 50.5 Å². The quantitative estimate of drug-likeness (QED) is 0.416. The van der Waals surface area contributed by atoms with E-state index in [0.717, 1.165) is 10.9 Å². The summed E-state index contributed by atoms with van der Waals surface area (Å²) in [7, 11) is 5.41. The summed E-state index contributed by atoms with van der Waals surface area (Å²) in [4.78, 5) is 29.9. The van der Waals surface area contributed by atoms with E-state index in [0.29, 0.717) is 17.4 Å². The van der Waals surface area contributed by atoms with Crippen molar-refractivity contribution in [3.8, 4) is 0 Å². The Morgan fingerprint density at radius 3 is 2.35 bits per heavy atom. The molecule has 4 aromatic rings. The summed E-state index contributed by atoms with van der Waals surface area (Å²) in [5, 5.41) is 1.39. The number of fused-ring (bicyclic) bond motifs is 2. The van der Waals surface area contributed by atoms with E-state index in [1.165, 1.54) is 27.3 Å². The lowest BCUT2D eigenvalue weighted by Gasteiger charge is -2.24. The Bertz CT molecular complexity index is 1390. The van der Waals surface area contributed by atoms with Crippen LogP contribution in [-0.4, -0.2) is 64.0 Å². The molecule has 2 atom stereocenters. The summed E-state index contributed by atoms with van der Waals surface area (Å²) in [6, 6.07) is 9.80. The van der Waals surface area contributed by atoms with Gasteiger partial charge in [0, 0.05) is 29.7 Å². The van der Waals surface area contributed by atoms with Crippen molar-refractivity contribution in [2.45, 2.75) is 32.5 Å². The van der Waals surface area contributed by atoms with Gasteiger partial charge in [-0.25, -0.2) is 8.78 Å². The molecule has 2 unspecified atom stereocenters. The zero-order valence-electron chi connectivity index (χ0n) is 19.9. The van der Waals surface area contributed by atoms with E-state index in [1.54, 1.807) is 62.5 Å². The van der Waals surface area contributed by atoms with Crippen molar-refractivity contribution >= 4 is 33.6 Å². The van der Waals surface area contributed by atoms with Gasteiger partial charge in [-0.1, -0.05) is 12.1 Å². The van der Waals surface area contributed by atoms with E-state index >= 15 is 0 Å². The fraction of sp³-hybridized carbons (Fsp3) is 0.308. The maximum Gasteiger partial charge on any atom is 0.248 e. The van der Waals surface area contributed by atoms with Crippen molar-refractivity contribution in [3.63, 3.8) is 0 Å². The Kier molecular flexibility index (Phi) is 6.38.